The van der Waals surface area contributed by atoms with Gasteiger partial charge in [0.2, 0.25) is 0 Å². The molecule has 14 nitrogen and oxygen atoms in total. The van der Waals surface area contributed by atoms with E-state index in [2.05, 4.69) is 16.4 Å². The number of aliphatic hydroxyl groups is 2. The maximum absolute atomic E-state index is 13.9. The van der Waals surface area contributed by atoms with E-state index in [-0.39, 0.29) is 30.9 Å². The van der Waals surface area contributed by atoms with E-state index in [9.17, 15) is 25.1 Å². The molecule has 1 aliphatic heterocycles. The van der Waals surface area contributed by atoms with Crippen molar-refractivity contribution in [3.63, 3.8) is 0 Å². The Kier molecular flexibility index (Phi) is 15.1. The number of amides is 1. The zero-order chi connectivity index (χ0) is 43.7. The summed E-state index contributed by atoms with van der Waals surface area (Å²) < 4.78 is 34.1. The van der Waals surface area contributed by atoms with Crippen LogP contribution in [0, 0.1) is 11.3 Å². The van der Waals surface area contributed by atoms with E-state index < -0.39 is 56.2 Å². The molecule has 1 saturated heterocycles. The summed E-state index contributed by atoms with van der Waals surface area (Å²) in [6.45, 7) is 7.99. The third-order valence-electron chi connectivity index (χ3n) is 10.6. The van der Waals surface area contributed by atoms with Gasteiger partial charge in [-0.25, -0.2) is 9.46 Å². The molecule has 1 aliphatic rings. The molecule has 4 aromatic carbocycles. The van der Waals surface area contributed by atoms with Crippen LogP contribution in [0.3, 0.4) is 0 Å². The molecule has 0 aliphatic carbocycles. The molecule has 2 heterocycles. The summed E-state index contributed by atoms with van der Waals surface area (Å²) in [5.74, 6) is 0.731. The van der Waals surface area contributed by atoms with Crippen molar-refractivity contribution in [2.75, 3.05) is 26.1 Å². The number of aromatic nitrogens is 2. The van der Waals surface area contributed by atoms with E-state index in [0.717, 1.165) is 4.57 Å². The maximum atomic E-state index is 13.9. The predicted molar refractivity (Wildman–Crippen MR) is 231 cm³/mol. The fourth-order valence-electron chi connectivity index (χ4n) is 7.80. The van der Waals surface area contributed by atoms with Crippen LogP contribution < -0.4 is 20.5 Å². The number of nitrogens with zero attached hydrogens (tertiary/aromatic N) is 4. The van der Waals surface area contributed by atoms with Crippen LogP contribution in [0.2, 0.25) is 0 Å². The smallest absolute Gasteiger partial charge is 0.351 e. The Balaban J connectivity index is 1.51. The summed E-state index contributed by atoms with van der Waals surface area (Å²) in [6, 6.07) is 36.0. The van der Waals surface area contributed by atoms with E-state index in [4.69, 9.17) is 23.3 Å². The summed E-state index contributed by atoms with van der Waals surface area (Å²) in [7, 11) is 1.14. The number of hydrogen-bond donors (Lipinski definition) is 3. The Hall–Kier alpha value is -5.49. The highest BCUT2D eigenvalue weighted by atomic mass is 31.2. The van der Waals surface area contributed by atoms with Gasteiger partial charge < -0.3 is 38.8 Å². The molecule has 3 N–H and O–H groups in total. The predicted octanol–water partition coefficient (Wildman–Crippen LogP) is 6.83. The standard InChI is InChI=1S/C46H52N5O9P/c1-30(2)51(31(3)4)61(58-29-13-27-47)60-40-39(52)44(50-28-26-38(49-45(50)55)48-43(54)32-14-9-7-10-15-32)59-41(40)42(53)46(33-16-11-8-12-17-33,34-18-22-36(56-5)23-19-34)35-20-24-37(57-6)25-21-35/h7-12,14-26,28,30-31,39-42,44,52-53H,13,29H2,1-6H3,(H,48,49,54,55)/t39-,40+,41+,42?,44-,61?/m1/s1. The highest BCUT2D eigenvalue weighted by Gasteiger charge is 2.57. The zero-order valence-electron chi connectivity index (χ0n) is 35.0. The SMILES string of the molecule is COc1ccc(C(c2ccccc2)(c2ccc(OC)cc2)C(O)[C@H]2O[C@@H](n3ccc(NC(=O)c4ccccc4)nc3=O)[C@H](O)[C@@H]2OP(OCCC#N)N(C(C)C)C(C)C)cc1. The van der Waals surface area contributed by atoms with Gasteiger partial charge in [-0.3, -0.25) is 9.36 Å². The topological polar surface area (TPSA) is 178 Å². The average Bonchev–Trinajstić information content (AvgIpc) is 3.59. The van der Waals surface area contributed by atoms with Crippen molar-refractivity contribution in [2.45, 2.75) is 82.3 Å². The molecule has 1 amide bonds. The average molecular weight is 850 g/mol. The van der Waals surface area contributed by atoms with Gasteiger partial charge in [-0.15, -0.1) is 0 Å². The summed E-state index contributed by atoms with van der Waals surface area (Å²) in [4.78, 5) is 30.9. The van der Waals surface area contributed by atoms with Crippen LogP contribution in [0.15, 0.2) is 126 Å². The third kappa shape index (κ3) is 9.70. The third-order valence-corrected chi connectivity index (χ3v) is 12.7. The Bertz CT molecular complexity index is 2230. The van der Waals surface area contributed by atoms with Gasteiger partial charge in [0.15, 0.2) is 6.23 Å². The first-order valence-electron chi connectivity index (χ1n) is 20.0. The van der Waals surface area contributed by atoms with E-state index >= 15 is 0 Å². The number of nitrogens with one attached hydrogen (secondary N) is 1. The monoisotopic (exact) mass is 849 g/mol. The molecule has 1 fully saturated rings. The van der Waals surface area contributed by atoms with Crippen LogP contribution in [0.25, 0.3) is 0 Å². The van der Waals surface area contributed by atoms with Crippen molar-refractivity contribution in [1.82, 2.24) is 14.2 Å². The first kappa shape index (κ1) is 45.0. The van der Waals surface area contributed by atoms with Crippen LogP contribution >= 0.6 is 8.53 Å². The molecule has 15 heteroatoms. The summed E-state index contributed by atoms with van der Waals surface area (Å²) in [5.41, 5.74) is 0.147. The van der Waals surface area contributed by atoms with Crippen molar-refractivity contribution < 1.29 is 38.3 Å². The number of anilines is 1. The van der Waals surface area contributed by atoms with E-state index in [1.165, 1.54) is 12.3 Å². The van der Waals surface area contributed by atoms with Crippen molar-refractivity contribution in [2.24, 2.45) is 0 Å². The van der Waals surface area contributed by atoms with E-state index in [0.29, 0.717) is 33.8 Å². The maximum Gasteiger partial charge on any atom is 0.351 e. The van der Waals surface area contributed by atoms with Crippen molar-refractivity contribution in [3.05, 3.63) is 154 Å². The summed E-state index contributed by atoms with van der Waals surface area (Å²) >= 11 is 0. The highest BCUT2D eigenvalue weighted by Crippen LogP contribution is 2.53. The largest absolute Gasteiger partial charge is 0.497 e. The molecule has 0 spiro atoms. The van der Waals surface area contributed by atoms with Crippen LogP contribution in [-0.2, 0) is 19.2 Å². The number of methoxy groups -OCH3 is 2. The minimum Gasteiger partial charge on any atom is -0.497 e. The molecular weight excluding hydrogens is 798 g/mol. The number of rotatable bonds is 18. The van der Waals surface area contributed by atoms with E-state index in [1.54, 1.807) is 68.8 Å². The molecular formula is C46H52N5O9P. The molecule has 61 heavy (non-hydrogen) atoms. The van der Waals surface area contributed by atoms with Gasteiger partial charge in [0.25, 0.3) is 14.4 Å². The second-order valence-electron chi connectivity index (χ2n) is 15.0. The number of aliphatic hydroxyl groups excluding tert-OH is 2. The Morgan fingerprint density at radius 1 is 0.885 bits per heavy atom. The second kappa shape index (κ2) is 20.4. The molecule has 0 bridgehead atoms. The van der Waals surface area contributed by atoms with Crippen LogP contribution in [-0.4, -0.2) is 87.7 Å². The van der Waals surface area contributed by atoms with Crippen LogP contribution in [0.5, 0.6) is 11.5 Å². The molecule has 6 atom stereocenters. The fraction of sp³-hybridized carbons (Fsp3) is 0.348. The minimum atomic E-state index is -2.00. The highest BCUT2D eigenvalue weighted by molar-refractivity contribution is 7.44. The Morgan fingerprint density at radius 2 is 1.43 bits per heavy atom. The lowest BCUT2D eigenvalue weighted by Crippen LogP contribution is -2.53. The van der Waals surface area contributed by atoms with Crippen LogP contribution in [0.1, 0.15) is 67.4 Å². The normalized spacial score (nSPS) is 18.8. The van der Waals surface area contributed by atoms with Gasteiger partial charge in [0.1, 0.15) is 41.7 Å². The van der Waals surface area contributed by atoms with Gasteiger partial charge in [0.05, 0.1) is 38.7 Å². The van der Waals surface area contributed by atoms with Gasteiger partial charge >= 0.3 is 5.69 Å². The molecule has 2 unspecified atom stereocenters. The quantitative estimate of drug-likeness (QED) is 0.0477. The van der Waals surface area contributed by atoms with Crippen molar-refractivity contribution in [1.29, 1.82) is 5.26 Å². The number of carbonyl (C=O) groups excluding carboxylic acids is 1. The zero-order valence-corrected chi connectivity index (χ0v) is 35.9. The van der Waals surface area contributed by atoms with Crippen molar-refractivity contribution >= 4 is 20.3 Å². The number of carbonyl (C=O) groups is 1. The number of hydrogen-bond acceptors (Lipinski definition) is 12. The first-order chi connectivity index (χ1) is 29.4. The van der Waals surface area contributed by atoms with E-state index in [1.807, 2.05) is 87.0 Å². The van der Waals surface area contributed by atoms with Gasteiger partial charge in [-0.2, -0.15) is 10.2 Å². The van der Waals surface area contributed by atoms with Gasteiger partial charge in [-0.1, -0.05) is 72.8 Å². The Labute approximate surface area is 357 Å². The number of nitriles is 1. The second-order valence-corrected chi connectivity index (χ2v) is 16.4. The molecule has 6 rings (SSSR count). The van der Waals surface area contributed by atoms with Gasteiger partial charge in [0, 0.05) is 23.8 Å². The molecule has 1 aromatic heterocycles. The number of ether oxygens (including phenoxy) is 3. The Morgan fingerprint density at radius 3 is 1.93 bits per heavy atom. The van der Waals surface area contributed by atoms with Gasteiger partial charge in [-0.05, 0) is 86.8 Å². The van der Waals surface area contributed by atoms with Crippen molar-refractivity contribution in [3.8, 4) is 17.6 Å². The fourth-order valence-corrected chi connectivity index (χ4v) is 9.56. The van der Waals surface area contributed by atoms with Crippen LogP contribution in [0.4, 0.5) is 5.82 Å². The first-order valence-corrected chi connectivity index (χ1v) is 21.1. The summed E-state index contributed by atoms with van der Waals surface area (Å²) in [6.07, 6.45) is -5.74. The molecule has 320 valence electrons. The molecule has 5 aromatic rings. The lowest BCUT2D eigenvalue weighted by Gasteiger charge is -2.44. The lowest BCUT2D eigenvalue weighted by molar-refractivity contribution is -0.0976. The minimum absolute atomic E-state index is 0.00648. The lowest BCUT2D eigenvalue weighted by atomic mass is 9.64. The molecule has 0 saturated carbocycles. The number of benzene rings is 4. The summed E-state index contributed by atoms with van der Waals surface area (Å²) in [5, 5.41) is 37.9. The molecule has 0 radical (unpaired) electrons.